The second kappa shape index (κ2) is 11.4. The zero-order valence-electron chi connectivity index (χ0n) is 17.9. The maximum atomic E-state index is 14.2. The molecule has 0 spiro atoms. The Morgan fingerprint density at radius 2 is 1.83 bits per heavy atom. The Morgan fingerprint density at radius 1 is 1.10 bits per heavy atom. The molecule has 162 valence electrons. The van der Waals surface area contributed by atoms with Crippen LogP contribution in [-0.2, 0) is 6.42 Å². The standard InChI is InChI=1S/C23H26FN3S.2ClH/c1-6-27(5)14-25-21-11-16(3)18(10-17(21)4)12-23-26-22(13-28-23)19-8-7-15(2)9-20(19)24;;/h7-11,13-14H,6,12H2,1-5H3;2*1H. The lowest BCUT2D eigenvalue weighted by atomic mass is 10.0. The predicted octanol–water partition coefficient (Wildman–Crippen LogP) is 6.92. The molecule has 0 radical (unpaired) electrons. The van der Waals surface area contributed by atoms with Gasteiger partial charge in [-0.15, -0.1) is 36.2 Å². The summed E-state index contributed by atoms with van der Waals surface area (Å²) in [6.45, 7) is 9.09. The fourth-order valence-electron chi connectivity index (χ4n) is 2.94. The van der Waals surface area contributed by atoms with Crippen molar-refractivity contribution in [1.82, 2.24) is 9.88 Å². The van der Waals surface area contributed by atoms with Crippen LogP contribution in [0.15, 0.2) is 40.7 Å². The molecule has 0 unspecified atom stereocenters. The molecule has 0 saturated carbocycles. The van der Waals surface area contributed by atoms with Gasteiger partial charge in [0.1, 0.15) is 5.82 Å². The van der Waals surface area contributed by atoms with Gasteiger partial charge < -0.3 is 4.90 Å². The van der Waals surface area contributed by atoms with Crippen molar-refractivity contribution in [3.63, 3.8) is 0 Å². The van der Waals surface area contributed by atoms with Crippen LogP contribution in [0.3, 0.4) is 0 Å². The smallest absolute Gasteiger partial charge is 0.132 e. The summed E-state index contributed by atoms with van der Waals surface area (Å²) in [6.07, 6.45) is 2.61. The Morgan fingerprint density at radius 3 is 2.50 bits per heavy atom. The molecule has 0 aliphatic heterocycles. The minimum absolute atomic E-state index is 0. The van der Waals surface area contributed by atoms with E-state index in [0.29, 0.717) is 11.3 Å². The third-order valence-electron chi connectivity index (χ3n) is 4.84. The normalized spacial score (nSPS) is 10.6. The van der Waals surface area contributed by atoms with Crippen LogP contribution in [0.25, 0.3) is 11.3 Å². The maximum Gasteiger partial charge on any atom is 0.132 e. The van der Waals surface area contributed by atoms with Crippen molar-refractivity contribution in [2.45, 2.75) is 34.1 Å². The summed E-state index contributed by atoms with van der Waals surface area (Å²) in [6, 6.07) is 9.58. The summed E-state index contributed by atoms with van der Waals surface area (Å²) in [5.41, 5.74) is 6.73. The van der Waals surface area contributed by atoms with E-state index in [0.717, 1.165) is 34.8 Å². The number of aromatic nitrogens is 1. The highest BCUT2D eigenvalue weighted by atomic mass is 35.5. The number of hydrogen-bond donors (Lipinski definition) is 0. The van der Waals surface area contributed by atoms with E-state index in [9.17, 15) is 4.39 Å². The van der Waals surface area contributed by atoms with Gasteiger partial charge in [0.15, 0.2) is 0 Å². The second-order valence-electron chi connectivity index (χ2n) is 7.17. The summed E-state index contributed by atoms with van der Waals surface area (Å²) < 4.78 is 14.2. The first-order chi connectivity index (χ1) is 13.4. The number of hydrogen-bond acceptors (Lipinski definition) is 3. The van der Waals surface area contributed by atoms with Gasteiger partial charge in [-0.25, -0.2) is 14.4 Å². The topological polar surface area (TPSA) is 28.5 Å². The highest BCUT2D eigenvalue weighted by molar-refractivity contribution is 7.10. The molecule has 3 nitrogen and oxygen atoms in total. The molecule has 0 fully saturated rings. The third kappa shape index (κ3) is 6.27. The fourth-order valence-corrected chi connectivity index (χ4v) is 3.76. The predicted molar refractivity (Wildman–Crippen MR) is 132 cm³/mol. The van der Waals surface area contributed by atoms with Gasteiger partial charge >= 0.3 is 0 Å². The molecule has 0 aliphatic rings. The largest absolute Gasteiger partial charge is 0.366 e. The molecule has 1 aromatic heterocycles. The molecule has 0 aliphatic carbocycles. The van der Waals surface area contributed by atoms with E-state index in [4.69, 9.17) is 0 Å². The van der Waals surface area contributed by atoms with E-state index in [1.54, 1.807) is 23.5 Å². The summed E-state index contributed by atoms with van der Waals surface area (Å²) >= 11 is 1.57. The van der Waals surface area contributed by atoms with Gasteiger partial charge in [-0.05, 0) is 68.1 Å². The lowest BCUT2D eigenvalue weighted by Gasteiger charge is -2.11. The molecule has 3 rings (SSSR count). The van der Waals surface area contributed by atoms with E-state index < -0.39 is 0 Å². The Balaban J connectivity index is 0.00000225. The fraction of sp³-hybridized carbons (Fsp3) is 0.304. The van der Waals surface area contributed by atoms with Crippen LogP contribution in [0.1, 0.15) is 34.2 Å². The van der Waals surface area contributed by atoms with E-state index in [1.807, 2.05) is 36.7 Å². The highest BCUT2D eigenvalue weighted by Crippen LogP contribution is 2.29. The number of rotatable bonds is 6. The van der Waals surface area contributed by atoms with Gasteiger partial charge in [-0.2, -0.15) is 0 Å². The first kappa shape index (κ1) is 26.1. The van der Waals surface area contributed by atoms with Crippen molar-refractivity contribution in [1.29, 1.82) is 0 Å². The minimum Gasteiger partial charge on any atom is -0.366 e. The number of halogens is 3. The first-order valence-corrected chi connectivity index (χ1v) is 10.3. The van der Waals surface area contributed by atoms with Gasteiger partial charge in [0.05, 0.1) is 22.7 Å². The van der Waals surface area contributed by atoms with Crippen molar-refractivity contribution in [2.75, 3.05) is 13.6 Å². The van der Waals surface area contributed by atoms with Gasteiger partial charge in [0.2, 0.25) is 0 Å². The third-order valence-corrected chi connectivity index (χ3v) is 5.69. The van der Waals surface area contributed by atoms with Crippen LogP contribution in [0.4, 0.5) is 10.1 Å². The SMILES string of the molecule is CCN(C)C=Nc1cc(C)c(Cc2nc(-c3ccc(C)cc3F)cs2)cc1C.Cl.Cl. The monoisotopic (exact) mass is 467 g/mol. The summed E-state index contributed by atoms with van der Waals surface area (Å²) in [5, 5.41) is 2.92. The molecule has 0 saturated heterocycles. The molecule has 0 bridgehead atoms. The van der Waals surface area contributed by atoms with Gasteiger partial charge in [0, 0.05) is 31.0 Å². The van der Waals surface area contributed by atoms with Crippen LogP contribution < -0.4 is 0 Å². The van der Waals surface area contributed by atoms with Crippen LogP contribution in [0, 0.1) is 26.6 Å². The number of nitrogens with zero attached hydrogens (tertiary/aromatic N) is 3. The molecular weight excluding hydrogens is 440 g/mol. The van der Waals surface area contributed by atoms with Crippen molar-refractivity contribution in [2.24, 2.45) is 4.99 Å². The minimum atomic E-state index is -0.219. The van der Waals surface area contributed by atoms with Crippen LogP contribution in [0.2, 0.25) is 0 Å². The van der Waals surface area contributed by atoms with Crippen molar-refractivity contribution in [3.8, 4) is 11.3 Å². The Hall–Kier alpha value is -1.95. The molecule has 7 heteroatoms. The Kier molecular flexibility index (Phi) is 9.95. The molecule has 0 amide bonds. The Bertz CT molecular complexity index is 1020. The average Bonchev–Trinajstić information content (AvgIpc) is 3.11. The number of benzene rings is 2. The molecular formula is C23H28Cl2FN3S. The zero-order valence-corrected chi connectivity index (χ0v) is 20.3. The summed E-state index contributed by atoms with van der Waals surface area (Å²) in [7, 11) is 2.01. The quantitative estimate of drug-likeness (QED) is 0.290. The summed E-state index contributed by atoms with van der Waals surface area (Å²) in [5.74, 6) is -0.219. The van der Waals surface area contributed by atoms with Crippen molar-refractivity contribution in [3.05, 3.63) is 68.8 Å². The second-order valence-corrected chi connectivity index (χ2v) is 8.11. The van der Waals surface area contributed by atoms with Gasteiger partial charge in [-0.1, -0.05) is 12.1 Å². The van der Waals surface area contributed by atoms with E-state index >= 15 is 0 Å². The number of aryl methyl sites for hydroxylation is 3. The molecule has 30 heavy (non-hydrogen) atoms. The lowest BCUT2D eigenvalue weighted by molar-refractivity contribution is 0.552. The lowest BCUT2D eigenvalue weighted by Crippen LogP contribution is -2.14. The maximum absolute atomic E-state index is 14.2. The molecule has 1 heterocycles. The number of thiazole rings is 1. The van der Waals surface area contributed by atoms with E-state index in [-0.39, 0.29) is 30.6 Å². The molecule has 2 aromatic carbocycles. The van der Waals surface area contributed by atoms with Crippen LogP contribution >= 0.6 is 36.2 Å². The van der Waals surface area contributed by atoms with Gasteiger partial charge in [0.25, 0.3) is 0 Å². The van der Waals surface area contributed by atoms with E-state index in [2.05, 4.69) is 42.9 Å². The molecule has 0 atom stereocenters. The molecule has 0 N–H and O–H groups in total. The van der Waals surface area contributed by atoms with Gasteiger partial charge in [-0.3, -0.25) is 0 Å². The van der Waals surface area contributed by atoms with Crippen molar-refractivity contribution < 1.29 is 4.39 Å². The summed E-state index contributed by atoms with van der Waals surface area (Å²) in [4.78, 5) is 11.3. The number of aliphatic imine (C=N–C) groups is 1. The van der Waals surface area contributed by atoms with Crippen LogP contribution in [0.5, 0.6) is 0 Å². The van der Waals surface area contributed by atoms with Crippen molar-refractivity contribution >= 4 is 48.2 Å². The molecule has 3 aromatic rings. The Labute approximate surface area is 194 Å². The highest BCUT2D eigenvalue weighted by Gasteiger charge is 2.12. The average molecular weight is 468 g/mol. The first-order valence-electron chi connectivity index (χ1n) is 9.43. The van der Waals surface area contributed by atoms with Crippen LogP contribution in [-0.4, -0.2) is 29.8 Å². The zero-order chi connectivity index (χ0) is 20.3. The van der Waals surface area contributed by atoms with E-state index in [1.165, 1.54) is 11.1 Å².